The van der Waals surface area contributed by atoms with Gasteiger partial charge in [0.05, 0.1) is 35.7 Å². The summed E-state index contributed by atoms with van der Waals surface area (Å²) in [6, 6.07) is 1.34. The number of rotatable bonds is 1. The van der Waals surface area contributed by atoms with E-state index in [1.54, 1.807) is 11.6 Å². The van der Waals surface area contributed by atoms with Crippen LogP contribution >= 0.6 is 0 Å². The van der Waals surface area contributed by atoms with E-state index in [2.05, 4.69) is 10.1 Å². The lowest BCUT2D eigenvalue weighted by Gasteiger charge is -2.26. The highest BCUT2D eigenvalue weighted by Crippen LogP contribution is 2.34. The van der Waals surface area contributed by atoms with Crippen LogP contribution in [0.15, 0.2) is 18.3 Å². The van der Waals surface area contributed by atoms with Gasteiger partial charge >= 0.3 is 12.2 Å². The summed E-state index contributed by atoms with van der Waals surface area (Å²) in [5, 5.41) is 4.33. The molecule has 0 bridgehead atoms. The van der Waals surface area contributed by atoms with Crippen molar-refractivity contribution in [1.29, 1.82) is 0 Å². The smallest absolute Gasteiger partial charge is 0.351 e. The van der Waals surface area contributed by atoms with Gasteiger partial charge in [0, 0.05) is 18.3 Å². The van der Waals surface area contributed by atoms with Crippen LogP contribution in [0, 0.1) is 6.92 Å². The molecule has 23 heavy (non-hydrogen) atoms. The van der Waals surface area contributed by atoms with Crippen LogP contribution in [0.25, 0.3) is 11.3 Å². The van der Waals surface area contributed by atoms with Crippen molar-refractivity contribution in [3.05, 3.63) is 35.3 Å². The van der Waals surface area contributed by atoms with E-state index in [1.807, 2.05) is 0 Å². The Bertz CT molecular complexity index is 768. The van der Waals surface area contributed by atoms with Gasteiger partial charge in [-0.3, -0.25) is 9.67 Å². The quantitative estimate of drug-likeness (QED) is 0.873. The molecular formula is C14H14F3N5O. The topological polar surface area (TPSA) is 77.0 Å². The second-order valence-electron chi connectivity index (χ2n) is 5.32. The van der Waals surface area contributed by atoms with E-state index >= 15 is 0 Å². The van der Waals surface area contributed by atoms with Gasteiger partial charge in [-0.05, 0) is 19.1 Å². The summed E-state index contributed by atoms with van der Waals surface area (Å²) in [5.41, 5.74) is 6.43. The van der Waals surface area contributed by atoms with E-state index in [0.29, 0.717) is 30.0 Å². The van der Waals surface area contributed by atoms with E-state index in [-0.39, 0.29) is 12.2 Å². The Labute approximate surface area is 129 Å². The van der Waals surface area contributed by atoms with Gasteiger partial charge in [0.2, 0.25) is 0 Å². The summed E-state index contributed by atoms with van der Waals surface area (Å²) in [4.78, 5) is 16.8. The van der Waals surface area contributed by atoms with Crippen molar-refractivity contribution in [2.24, 2.45) is 5.73 Å². The zero-order chi connectivity index (χ0) is 16.8. The maximum Gasteiger partial charge on any atom is 0.416 e. The minimum atomic E-state index is -4.45. The summed E-state index contributed by atoms with van der Waals surface area (Å²) < 4.78 is 40.4. The van der Waals surface area contributed by atoms with Crippen LogP contribution in [-0.4, -0.2) is 32.2 Å². The van der Waals surface area contributed by atoms with Gasteiger partial charge in [-0.15, -0.1) is 0 Å². The average molecular weight is 325 g/mol. The summed E-state index contributed by atoms with van der Waals surface area (Å²) in [6.45, 7) is 2.76. The molecule has 3 heterocycles. The summed E-state index contributed by atoms with van der Waals surface area (Å²) in [7, 11) is 0. The first kappa shape index (κ1) is 15.3. The molecule has 1 aliphatic heterocycles. The predicted molar refractivity (Wildman–Crippen MR) is 75.2 cm³/mol. The number of halogens is 3. The molecule has 0 spiro atoms. The van der Waals surface area contributed by atoms with E-state index in [4.69, 9.17) is 5.73 Å². The zero-order valence-electron chi connectivity index (χ0n) is 12.3. The molecule has 0 radical (unpaired) electrons. The molecule has 0 atom stereocenters. The second-order valence-corrected chi connectivity index (χ2v) is 5.32. The molecule has 2 N–H and O–H groups in total. The van der Waals surface area contributed by atoms with Crippen molar-refractivity contribution in [1.82, 2.24) is 19.7 Å². The standard InChI is InChI=1S/C14H14F3N5O/c1-8-12(10-6-9(2-3-19-10)14(15,16)17)11-7-21(13(18)23)4-5-22(11)20-8/h2-3,6H,4-5,7H2,1H3,(H2,18,23). The number of carbonyl (C=O) groups excluding carboxylic acids is 1. The molecule has 6 nitrogen and oxygen atoms in total. The molecule has 9 heteroatoms. The Kier molecular flexibility index (Phi) is 3.50. The number of aryl methyl sites for hydroxylation is 1. The lowest BCUT2D eigenvalue weighted by Crippen LogP contribution is -2.41. The summed E-state index contributed by atoms with van der Waals surface area (Å²) in [6.07, 6.45) is -3.32. The fourth-order valence-corrected chi connectivity index (χ4v) is 2.72. The highest BCUT2D eigenvalue weighted by atomic mass is 19.4. The fraction of sp³-hybridized carbons (Fsp3) is 0.357. The van der Waals surface area contributed by atoms with Gasteiger partial charge in [0.1, 0.15) is 0 Å². The number of carbonyl (C=O) groups is 1. The Hall–Kier alpha value is -2.58. The van der Waals surface area contributed by atoms with Crippen LogP contribution in [-0.2, 0) is 19.3 Å². The molecule has 2 amide bonds. The molecule has 122 valence electrons. The molecule has 3 rings (SSSR count). The first-order chi connectivity index (χ1) is 10.8. The Morgan fingerprint density at radius 2 is 2.09 bits per heavy atom. The Morgan fingerprint density at radius 3 is 2.74 bits per heavy atom. The van der Waals surface area contributed by atoms with E-state index < -0.39 is 17.8 Å². The number of urea groups is 1. The lowest BCUT2D eigenvalue weighted by atomic mass is 10.1. The van der Waals surface area contributed by atoms with Crippen LogP contribution < -0.4 is 5.73 Å². The maximum absolute atomic E-state index is 12.9. The van der Waals surface area contributed by atoms with Gasteiger partial charge < -0.3 is 10.6 Å². The number of primary amides is 1. The SMILES string of the molecule is Cc1nn2c(c1-c1cc(C(F)(F)F)ccn1)CN(C(N)=O)CC2. The van der Waals surface area contributed by atoms with Gasteiger partial charge in [-0.1, -0.05) is 0 Å². The molecule has 1 aliphatic rings. The van der Waals surface area contributed by atoms with Gasteiger partial charge in [-0.2, -0.15) is 18.3 Å². The van der Waals surface area contributed by atoms with Gasteiger partial charge in [0.25, 0.3) is 0 Å². The largest absolute Gasteiger partial charge is 0.416 e. The second kappa shape index (κ2) is 5.25. The Morgan fingerprint density at radius 1 is 1.35 bits per heavy atom. The van der Waals surface area contributed by atoms with E-state index in [1.165, 1.54) is 4.90 Å². The molecule has 0 fully saturated rings. The minimum absolute atomic E-state index is 0.185. The molecule has 0 saturated heterocycles. The summed E-state index contributed by atoms with van der Waals surface area (Å²) in [5.74, 6) is 0. The number of nitrogens with zero attached hydrogens (tertiary/aromatic N) is 4. The highest BCUT2D eigenvalue weighted by Gasteiger charge is 2.32. The molecule has 2 aromatic rings. The first-order valence-corrected chi connectivity index (χ1v) is 6.91. The number of fused-ring (bicyclic) bond motifs is 1. The predicted octanol–water partition coefficient (Wildman–Crippen LogP) is 2.17. The molecule has 0 aliphatic carbocycles. The zero-order valence-corrected chi connectivity index (χ0v) is 12.3. The number of alkyl halides is 3. The first-order valence-electron chi connectivity index (χ1n) is 6.91. The fourth-order valence-electron chi connectivity index (χ4n) is 2.72. The highest BCUT2D eigenvalue weighted by molar-refractivity contribution is 5.73. The third-order valence-corrected chi connectivity index (χ3v) is 3.81. The summed E-state index contributed by atoms with van der Waals surface area (Å²) >= 11 is 0. The Balaban J connectivity index is 2.08. The molecule has 0 unspecified atom stereocenters. The van der Waals surface area contributed by atoms with Gasteiger partial charge in [-0.25, -0.2) is 4.79 Å². The molecule has 2 aromatic heterocycles. The van der Waals surface area contributed by atoms with Crippen molar-refractivity contribution in [2.45, 2.75) is 26.2 Å². The van der Waals surface area contributed by atoms with Crippen LogP contribution in [0.5, 0.6) is 0 Å². The number of hydrogen-bond acceptors (Lipinski definition) is 3. The molecule has 0 saturated carbocycles. The molecular weight excluding hydrogens is 311 g/mol. The van der Waals surface area contributed by atoms with Gasteiger partial charge in [0.15, 0.2) is 0 Å². The van der Waals surface area contributed by atoms with Crippen LogP contribution in [0.1, 0.15) is 17.0 Å². The van der Waals surface area contributed by atoms with Crippen molar-refractivity contribution >= 4 is 6.03 Å². The van der Waals surface area contributed by atoms with Crippen molar-refractivity contribution < 1.29 is 18.0 Å². The number of nitrogens with two attached hydrogens (primary N) is 1. The van der Waals surface area contributed by atoms with Crippen LogP contribution in [0.2, 0.25) is 0 Å². The van der Waals surface area contributed by atoms with E-state index in [0.717, 1.165) is 18.3 Å². The number of amides is 2. The van der Waals surface area contributed by atoms with Crippen molar-refractivity contribution in [3.8, 4) is 11.3 Å². The maximum atomic E-state index is 12.9. The number of aromatic nitrogens is 3. The third-order valence-electron chi connectivity index (χ3n) is 3.81. The average Bonchev–Trinajstić information content (AvgIpc) is 2.81. The number of hydrogen-bond donors (Lipinski definition) is 1. The van der Waals surface area contributed by atoms with Crippen molar-refractivity contribution in [3.63, 3.8) is 0 Å². The third kappa shape index (κ3) is 2.73. The monoisotopic (exact) mass is 325 g/mol. The normalized spacial score (nSPS) is 14.7. The van der Waals surface area contributed by atoms with Crippen molar-refractivity contribution in [2.75, 3.05) is 6.54 Å². The van der Waals surface area contributed by atoms with Crippen LogP contribution in [0.4, 0.5) is 18.0 Å². The number of pyridine rings is 1. The van der Waals surface area contributed by atoms with Crippen LogP contribution in [0.3, 0.4) is 0 Å². The molecule has 0 aromatic carbocycles. The van der Waals surface area contributed by atoms with E-state index in [9.17, 15) is 18.0 Å². The lowest BCUT2D eigenvalue weighted by molar-refractivity contribution is -0.137. The minimum Gasteiger partial charge on any atom is -0.351 e.